The van der Waals surface area contributed by atoms with Crippen molar-refractivity contribution < 1.29 is 19.1 Å². The predicted molar refractivity (Wildman–Crippen MR) is 206 cm³/mol. The molecule has 0 aromatic carbocycles. The van der Waals surface area contributed by atoms with Crippen LogP contribution in [0.2, 0.25) is 0 Å². The fourth-order valence-corrected chi connectivity index (χ4v) is 9.81. The van der Waals surface area contributed by atoms with E-state index in [1.807, 2.05) is 0 Å². The van der Waals surface area contributed by atoms with Crippen molar-refractivity contribution in [3.05, 3.63) is 0 Å². The minimum Gasteiger partial charge on any atom is -0.465 e. The second kappa shape index (κ2) is 20.8. The van der Waals surface area contributed by atoms with Crippen LogP contribution in [0.1, 0.15) is 197 Å². The van der Waals surface area contributed by atoms with Crippen LogP contribution in [-0.4, -0.2) is 25.2 Å². The van der Waals surface area contributed by atoms with E-state index in [0.29, 0.717) is 53.6 Å². The highest BCUT2D eigenvalue weighted by atomic mass is 16.5. The molecule has 9 atom stereocenters. The Bertz CT molecular complexity index is 943. The normalized spacial score (nSPS) is 31.3. The summed E-state index contributed by atoms with van der Waals surface area (Å²) in [5.74, 6) is 3.32. The molecule has 3 aliphatic carbocycles. The van der Waals surface area contributed by atoms with Gasteiger partial charge in [0.15, 0.2) is 0 Å². The van der Waals surface area contributed by atoms with Crippen LogP contribution in [0.3, 0.4) is 0 Å². The van der Waals surface area contributed by atoms with E-state index in [2.05, 4.69) is 62.3 Å². The van der Waals surface area contributed by atoms with E-state index in [4.69, 9.17) is 9.47 Å². The Morgan fingerprint density at radius 3 is 1.41 bits per heavy atom. The third kappa shape index (κ3) is 15.6. The van der Waals surface area contributed by atoms with E-state index in [0.717, 1.165) is 31.1 Å². The van der Waals surface area contributed by atoms with Gasteiger partial charge in [-0.05, 0) is 110 Å². The van der Waals surface area contributed by atoms with Crippen LogP contribution in [0.15, 0.2) is 0 Å². The Morgan fingerprint density at radius 1 is 0.531 bits per heavy atom. The Hall–Kier alpha value is -1.06. The van der Waals surface area contributed by atoms with Crippen molar-refractivity contribution in [1.82, 2.24) is 0 Å². The molecule has 3 rings (SSSR count). The molecule has 0 amide bonds. The number of rotatable bonds is 18. The molecule has 0 aromatic rings. The molecule has 49 heavy (non-hydrogen) atoms. The summed E-state index contributed by atoms with van der Waals surface area (Å²) in [6, 6.07) is 0. The summed E-state index contributed by atoms with van der Waals surface area (Å²) < 4.78 is 12.4. The summed E-state index contributed by atoms with van der Waals surface area (Å²) in [6.45, 7) is 21.9. The second-order valence-corrected chi connectivity index (χ2v) is 20.0. The molecule has 0 spiro atoms. The first-order valence-corrected chi connectivity index (χ1v) is 21.5. The summed E-state index contributed by atoms with van der Waals surface area (Å²) in [4.78, 5) is 27.6. The summed E-state index contributed by atoms with van der Waals surface area (Å²) in [5, 5.41) is 0. The van der Waals surface area contributed by atoms with Gasteiger partial charge in [0.25, 0.3) is 0 Å². The lowest BCUT2D eigenvalue weighted by Gasteiger charge is -2.38. The molecule has 0 heterocycles. The lowest BCUT2D eigenvalue weighted by atomic mass is 9.70. The molecule has 0 bridgehead atoms. The predicted octanol–water partition coefficient (Wildman–Crippen LogP) is 13.0. The first kappa shape index (κ1) is 42.4. The molecule has 0 radical (unpaired) electrons. The molecule has 3 saturated carbocycles. The fraction of sp³-hybridized carbons (Fsp3) is 0.956. The van der Waals surface area contributed by atoms with Gasteiger partial charge in [0.1, 0.15) is 0 Å². The highest BCUT2D eigenvalue weighted by molar-refractivity contribution is 5.82. The van der Waals surface area contributed by atoms with Crippen LogP contribution >= 0.6 is 0 Å². The summed E-state index contributed by atoms with van der Waals surface area (Å²) >= 11 is 0. The molecule has 0 aromatic heterocycles. The zero-order chi connectivity index (χ0) is 36.0. The molecule has 286 valence electrons. The number of esters is 2. The Balaban J connectivity index is 1.58. The van der Waals surface area contributed by atoms with Gasteiger partial charge < -0.3 is 9.47 Å². The van der Waals surface area contributed by atoms with E-state index in [9.17, 15) is 9.59 Å². The molecule has 4 heteroatoms. The average Bonchev–Trinajstić information content (AvgIpc) is 3.03. The van der Waals surface area contributed by atoms with Gasteiger partial charge in [-0.2, -0.15) is 0 Å². The number of unbranched alkanes of at least 4 members (excludes halogenated alkanes) is 2. The minimum absolute atomic E-state index is 0.133. The standard InChI is InChI=1S/C45H82O4/c1-10-12-16-34-21-23-38(36(29-34)18-14-26-44(4,5)6)31-48-42(46)40-25-20-33(3)28-41(40)43(47)49-32-39-24-22-35(17-13-11-2)30-37(39)19-15-27-45(7,8)9/h33-41H,10-32H2,1-9H3. The summed E-state index contributed by atoms with van der Waals surface area (Å²) in [6.07, 6.45) is 25.3. The lowest BCUT2D eigenvalue weighted by Crippen LogP contribution is -2.39. The Kier molecular flexibility index (Phi) is 18.0. The van der Waals surface area contributed by atoms with E-state index in [1.165, 1.54) is 116 Å². The molecular weight excluding hydrogens is 604 g/mol. The van der Waals surface area contributed by atoms with Gasteiger partial charge >= 0.3 is 11.9 Å². The van der Waals surface area contributed by atoms with Crippen LogP contribution in [-0.2, 0) is 19.1 Å². The van der Waals surface area contributed by atoms with E-state index in [1.54, 1.807) is 0 Å². The lowest BCUT2D eigenvalue weighted by molar-refractivity contribution is -0.166. The fourth-order valence-electron chi connectivity index (χ4n) is 9.81. The van der Waals surface area contributed by atoms with Crippen molar-refractivity contribution >= 4 is 11.9 Å². The molecule has 4 nitrogen and oxygen atoms in total. The highest BCUT2D eigenvalue weighted by Crippen LogP contribution is 2.43. The zero-order valence-corrected chi connectivity index (χ0v) is 34.1. The maximum absolute atomic E-state index is 13.8. The summed E-state index contributed by atoms with van der Waals surface area (Å²) in [7, 11) is 0. The van der Waals surface area contributed by atoms with Gasteiger partial charge in [0, 0.05) is 0 Å². The van der Waals surface area contributed by atoms with Crippen LogP contribution < -0.4 is 0 Å². The second-order valence-electron chi connectivity index (χ2n) is 20.0. The van der Waals surface area contributed by atoms with Gasteiger partial charge in [-0.1, -0.05) is 139 Å². The molecule has 0 N–H and O–H groups in total. The largest absolute Gasteiger partial charge is 0.465 e. The maximum Gasteiger partial charge on any atom is 0.309 e. The molecule has 0 aliphatic heterocycles. The van der Waals surface area contributed by atoms with Crippen molar-refractivity contribution in [3.8, 4) is 0 Å². The molecular formula is C45H82O4. The van der Waals surface area contributed by atoms with Crippen molar-refractivity contribution in [2.75, 3.05) is 13.2 Å². The summed E-state index contributed by atoms with van der Waals surface area (Å²) in [5.41, 5.74) is 0.724. The average molecular weight is 687 g/mol. The minimum atomic E-state index is -0.358. The monoisotopic (exact) mass is 687 g/mol. The van der Waals surface area contributed by atoms with Crippen molar-refractivity contribution in [2.24, 2.45) is 64.1 Å². The first-order chi connectivity index (χ1) is 23.2. The van der Waals surface area contributed by atoms with E-state index in [-0.39, 0.29) is 23.8 Å². The van der Waals surface area contributed by atoms with Crippen LogP contribution in [0, 0.1) is 64.1 Å². The van der Waals surface area contributed by atoms with Crippen molar-refractivity contribution in [2.45, 2.75) is 197 Å². The van der Waals surface area contributed by atoms with Crippen molar-refractivity contribution in [1.29, 1.82) is 0 Å². The molecule has 9 unspecified atom stereocenters. The molecule has 3 aliphatic rings. The van der Waals surface area contributed by atoms with Crippen molar-refractivity contribution in [3.63, 3.8) is 0 Å². The third-order valence-electron chi connectivity index (χ3n) is 13.0. The maximum atomic E-state index is 13.8. The van der Waals surface area contributed by atoms with Gasteiger partial charge in [-0.3, -0.25) is 9.59 Å². The topological polar surface area (TPSA) is 52.6 Å². The van der Waals surface area contributed by atoms with E-state index < -0.39 is 0 Å². The number of hydrogen-bond acceptors (Lipinski definition) is 4. The quantitative estimate of drug-likeness (QED) is 0.135. The smallest absolute Gasteiger partial charge is 0.309 e. The third-order valence-corrected chi connectivity index (χ3v) is 13.0. The Morgan fingerprint density at radius 2 is 0.980 bits per heavy atom. The van der Waals surface area contributed by atoms with E-state index >= 15 is 0 Å². The number of carbonyl (C=O) groups excluding carboxylic acids is 2. The number of ether oxygens (including phenoxy) is 2. The molecule has 0 saturated heterocycles. The van der Waals surface area contributed by atoms with Crippen LogP contribution in [0.4, 0.5) is 0 Å². The van der Waals surface area contributed by atoms with Crippen LogP contribution in [0.25, 0.3) is 0 Å². The highest BCUT2D eigenvalue weighted by Gasteiger charge is 2.42. The Labute approximate surface area is 304 Å². The number of hydrogen-bond donors (Lipinski definition) is 0. The van der Waals surface area contributed by atoms with Gasteiger partial charge in [-0.15, -0.1) is 0 Å². The van der Waals surface area contributed by atoms with Gasteiger partial charge in [0.2, 0.25) is 0 Å². The zero-order valence-electron chi connectivity index (χ0n) is 34.1. The van der Waals surface area contributed by atoms with Gasteiger partial charge in [-0.25, -0.2) is 0 Å². The SMILES string of the molecule is CCCCC1CCC(COC(=O)C2CCC(C)CC2C(=O)OCC2CCC(CCCC)CC2CCCC(C)(C)C)C(CCCC(C)(C)C)C1. The van der Waals surface area contributed by atoms with Crippen LogP contribution in [0.5, 0.6) is 0 Å². The molecule has 3 fully saturated rings. The van der Waals surface area contributed by atoms with Gasteiger partial charge in [0.05, 0.1) is 25.0 Å². The number of carbonyl (C=O) groups is 2. The first-order valence-electron chi connectivity index (χ1n) is 21.5.